The molecule has 0 amide bonds. The maximum absolute atomic E-state index is 11.3. The van der Waals surface area contributed by atoms with Crippen molar-refractivity contribution >= 4 is 11.6 Å². The molecule has 12 heavy (non-hydrogen) atoms. The van der Waals surface area contributed by atoms with Crippen molar-refractivity contribution in [3.05, 3.63) is 0 Å². The van der Waals surface area contributed by atoms with Crippen LogP contribution in [0, 0.1) is 5.41 Å². The maximum atomic E-state index is 11.3. The van der Waals surface area contributed by atoms with E-state index in [1.807, 2.05) is 20.8 Å². The zero-order valence-electron chi connectivity index (χ0n) is 8.18. The minimum absolute atomic E-state index is 0.0326. The van der Waals surface area contributed by atoms with Crippen LogP contribution in [-0.2, 0) is 9.59 Å². The summed E-state index contributed by atoms with van der Waals surface area (Å²) in [5.41, 5.74) is 5.05. The number of Topliss-reactive ketones (excluding diaryl/α,β-unsaturated/α-hetero) is 2. The Labute approximate surface area is 73.3 Å². The second kappa shape index (κ2) is 3.81. The Morgan fingerprint density at radius 1 is 1.33 bits per heavy atom. The van der Waals surface area contributed by atoms with Gasteiger partial charge in [0.05, 0.1) is 6.04 Å². The van der Waals surface area contributed by atoms with Gasteiger partial charge in [0.1, 0.15) is 11.6 Å². The Morgan fingerprint density at radius 2 is 1.75 bits per heavy atom. The lowest BCUT2D eigenvalue weighted by atomic mass is 9.87. The normalized spacial score (nSPS) is 14.1. The fraction of sp³-hybridized carbons (Fsp3) is 0.778. The molecule has 0 saturated carbocycles. The molecule has 2 N–H and O–H groups in total. The Morgan fingerprint density at radius 3 is 2.00 bits per heavy atom. The van der Waals surface area contributed by atoms with E-state index in [-0.39, 0.29) is 18.0 Å². The van der Waals surface area contributed by atoms with Crippen LogP contribution in [0.3, 0.4) is 0 Å². The van der Waals surface area contributed by atoms with Gasteiger partial charge >= 0.3 is 0 Å². The fourth-order valence-corrected chi connectivity index (χ4v) is 0.650. The second-order valence-corrected chi connectivity index (χ2v) is 4.09. The largest absolute Gasteiger partial charge is 0.321 e. The van der Waals surface area contributed by atoms with E-state index in [0.717, 1.165) is 0 Å². The zero-order chi connectivity index (χ0) is 9.94. The molecule has 0 aliphatic carbocycles. The molecular weight excluding hydrogens is 154 g/mol. The maximum Gasteiger partial charge on any atom is 0.146 e. The van der Waals surface area contributed by atoms with Gasteiger partial charge in [0, 0.05) is 11.8 Å². The van der Waals surface area contributed by atoms with Crippen LogP contribution < -0.4 is 5.73 Å². The molecule has 1 atom stereocenters. The monoisotopic (exact) mass is 171 g/mol. The zero-order valence-corrected chi connectivity index (χ0v) is 8.18. The molecule has 0 aliphatic rings. The molecule has 0 aliphatic heterocycles. The van der Waals surface area contributed by atoms with E-state index in [0.29, 0.717) is 0 Å². The van der Waals surface area contributed by atoms with Gasteiger partial charge < -0.3 is 5.73 Å². The predicted molar refractivity (Wildman–Crippen MR) is 47.7 cm³/mol. The van der Waals surface area contributed by atoms with Crippen molar-refractivity contribution in [1.29, 1.82) is 0 Å². The van der Waals surface area contributed by atoms with Crippen LogP contribution in [0.4, 0.5) is 0 Å². The average Bonchev–Trinajstić information content (AvgIpc) is 1.85. The van der Waals surface area contributed by atoms with Crippen molar-refractivity contribution in [2.24, 2.45) is 11.1 Å². The molecule has 0 aromatic heterocycles. The van der Waals surface area contributed by atoms with Gasteiger partial charge in [-0.1, -0.05) is 20.8 Å². The van der Waals surface area contributed by atoms with Gasteiger partial charge in [-0.2, -0.15) is 0 Å². The summed E-state index contributed by atoms with van der Waals surface area (Å²) in [4.78, 5) is 22.1. The number of nitrogens with two attached hydrogens (primary N) is 1. The molecule has 1 unspecified atom stereocenters. The first-order valence-corrected chi connectivity index (χ1v) is 4.04. The van der Waals surface area contributed by atoms with Crippen LogP contribution >= 0.6 is 0 Å². The van der Waals surface area contributed by atoms with E-state index in [2.05, 4.69) is 0 Å². The van der Waals surface area contributed by atoms with Gasteiger partial charge in [-0.15, -0.1) is 0 Å². The van der Waals surface area contributed by atoms with E-state index < -0.39 is 11.5 Å². The first-order chi connectivity index (χ1) is 5.25. The van der Waals surface area contributed by atoms with E-state index in [1.165, 1.54) is 6.92 Å². The molecule has 3 heteroatoms. The quantitative estimate of drug-likeness (QED) is 0.686. The number of hydrogen-bond donors (Lipinski definition) is 1. The molecule has 0 rings (SSSR count). The van der Waals surface area contributed by atoms with Crippen LogP contribution in [0.5, 0.6) is 0 Å². The number of ketones is 2. The van der Waals surface area contributed by atoms with Gasteiger partial charge in [0.25, 0.3) is 0 Å². The SMILES string of the molecule is CC(=O)C(N)CC(=O)C(C)(C)C. The third-order valence-corrected chi connectivity index (χ3v) is 1.76. The van der Waals surface area contributed by atoms with E-state index in [9.17, 15) is 9.59 Å². The molecule has 0 saturated heterocycles. The first-order valence-electron chi connectivity index (χ1n) is 4.04. The summed E-state index contributed by atoms with van der Waals surface area (Å²) >= 11 is 0. The Kier molecular flexibility index (Phi) is 3.58. The van der Waals surface area contributed by atoms with Crippen molar-refractivity contribution < 1.29 is 9.59 Å². The number of carbonyl (C=O) groups is 2. The van der Waals surface area contributed by atoms with Gasteiger partial charge in [-0.25, -0.2) is 0 Å². The summed E-state index contributed by atoms with van der Waals surface area (Å²) in [5, 5.41) is 0. The molecule has 0 bridgehead atoms. The highest BCUT2D eigenvalue weighted by Crippen LogP contribution is 2.17. The molecule has 0 aromatic rings. The molecule has 0 aromatic carbocycles. The molecule has 0 radical (unpaired) electrons. The van der Waals surface area contributed by atoms with Crippen LogP contribution in [0.15, 0.2) is 0 Å². The Bertz CT molecular complexity index is 191. The summed E-state index contributed by atoms with van der Waals surface area (Å²) in [6.45, 7) is 6.87. The van der Waals surface area contributed by atoms with Crippen LogP contribution in [-0.4, -0.2) is 17.6 Å². The van der Waals surface area contributed by atoms with Gasteiger partial charge in [-0.05, 0) is 6.92 Å². The lowest BCUT2D eigenvalue weighted by Crippen LogP contribution is -2.34. The molecule has 3 nitrogen and oxygen atoms in total. The molecular formula is C9H17NO2. The number of hydrogen-bond acceptors (Lipinski definition) is 3. The highest BCUT2D eigenvalue weighted by atomic mass is 16.1. The lowest BCUT2D eigenvalue weighted by molar-refractivity contribution is -0.129. The third kappa shape index (κ3) is 3.62. The van der Waals surface area contributed by atoms with Crippen molar-refractivity contribution in [3.8, 4) is 0 Å². The highest BCUT2D eigenvalue weighted by Gasteiger charge is 2.24. The summed E-state index contributed by atoms with van der Waals surface area (Å²) in [6.07, 6.45) is 0.152. The third-order valence-electron chi connectivity index (χ3n) is 1.76. The first kappa shape index (κ1) is 11.3. The van der Waals surface area contributed by atoms with Crippen molar-refractivity contribution in [3.63, 3.8) is 0 Å². The Balaban J connectivity index is 4.11. The molecule has 0 fully saturated rings. The summed E-state index contributed by atoms with van der Waals surface area (Å²) < 4.78 is 0. The van der Waals surface area contributed by atoms with Crippen molar-refractivity contribution in [2.75, 3.05) is 0 Å². The molecule has 0 heterocycles. The topological polar surface area (TPSA) is 60.2 Å². The van der Waals surface area contributed by atoms with Crippen molar-refractivity contribution in [2.45, 2.75) is 40.2 Å². The van der Waals surface area contributed by atoms with Crippen molar-refractivity contribution in [1.82, 2.24) is 0 Å². The van der Waals surface area contributed by atoms with Crippen LogP contribution in [0.25, 0.3) is 0 Å². The van der Waals surface area contributed by atoms with E-state index >= 15 is 0 Å². The fourth-order valence-electron chi connectivity index (χ4n) is 0.650. The lowest BCUT2D eigenvalue weighted by Gasteiger charge is -2.18. The summed E-state index contributed by atoms with van der Waals surface area (Å²) in [5.74, 6) is -0.0993. The molecule has 70 valence electrons. The summed E-state index contributed by atoms with van der Waals surface area (Å²) in [7, 11) is 0. The van der Waals surface area contributed by atoms with Gasteiger partial charge in [0.15, 0.2) is 0 Å². The Hall–Kier alpha value is -0.700. The standard InChI is InChI=1S/C9H17NO2/c1-6(11)7(10)5-8(12)9(2,3)4/h7H,5,10H2,1-4H3. The van der Waals surface area contributed by atoms with Crippen LogP contribution in [0.1, 0.15) is 34.1 Å². The number of rotatable bonds is 3. The second-order valence-electron chi connectivity index (χ2n) is 4.09. The van der Waals surface area contributed by atoms with Gasteiger partial charge in [0.2, 0.25) is 0 Å². The number of carbonyl (C=O) groups excluding carboxylic acids is 2. The summed E-state index contributed by atoms with van der Waals surface area (Å²) in [6, 6.07) is -0.628. The predicted octanol–water partition coefficient (Wildman–Crippen LogP) is 0.908. The molecule has 0 spiro atoms. The van der Waals surface area contributed by atoms with Gasteiger partial charge in [-0.3, -0.25) is 9.59 Å². The van der Waals surface area contributed by atoms with E-state index in [1.54, 1.807) is 0 Å². The highest BCUT2D eigenvalue weighted by molar-refractivity contribution is 5.91. The average molecular weight is 171 g/mol. The van der Waals surface area contributed by atoms with E-state index in [4.69, 9.17) is 5.73 Å². The minimum atomic E-state index is -0.628. The minimum Gasteiger partial charge on any atom is -0.321 e. The van der Waals surface area contributed by atoms with Crippen LogP contribution in [0.2, 0.25) is 0 Å². The smallest absolute Gasteiger partial charge is 0.146 e.